The number of rotatable bonds is 6. The molecule has 0 aliphatic heterocycles. The summed E-state index contributed by atoms with van der Waals surface area (Å²) >= 11 is 1.37. The lowest BCUT2D eigenvalue weighted by Crippen LogP contribution is -2.24. The van der Waals surface area contributed by atoms with Gasteiger partial charge in [-0.2, -0.15) is 5.10 Å². The molecule has 6 aromatic rings. The Hall–Kier alpha value is -4.84. The number of anilines is 1. The van der Waals surface area contributed by atoms with Crippen molar-refractivity contribution in [1.29, 1.82) is 0 Å². The summed E-state index contributed by atoms with van der Waals surface area (Å²) in [6.07, 6.45) is 13.0. The number of pyridine rings is 3. The number of Topliss-reactive ketones (excluding diaryl/α,β-unsaturated/α-hetero) is 1. The van der Waals surface area contributed by atoms with E-state index in [9.17, 15) is 9.59 Å². The summed E-state index contributed by atoms with van der Waals surface area (Å²) in [5.74, 6) is -0.249. The van der Waals surface area contributed by atoms with Crippen LogP contribution in [0.3, 0.4) is 0 Å². The molecule has 1 aliphatic rings. The normalized spacial score (nSPS) is 14.0. The predicted molar refractivity (Wildman–Crippen MR) is 163 cm³/mol. The fraction of sp³-hybridized carbons (Fsp3) is 0.258. The molecule has 0 saturated heterocycles. The number of carbonyl (C=O) groups excluding carboxylic acids is 2. The summed E-state index contributed by atoms with van der Waals surface area (Å²) in [5, 5.41) is 7.81. The maximum Gasteiger partial charge on any atom is 0.227 e. The Kier molecular flexibility index (Phi) is 6.77. The predicted octanol–water partition coefficient (Wildman–Crippen LogP) is 6.56. The monoisotopic (exact) mass is 594 g/mol. The molecule has 1 fully saturated rings. The highest BCUT2D eigenvalue weighted by Gasteiger charge is 2.24. The van der Waals surface area contributed by atoms with Gasteiger partial charge in [-0.1, -0.05) is 19.3 Å². The number of H-pyrrole nitrogens is 1. The molecule has 0 atom stereocenters. The molecule has 43 heavy (non-hydrogen) atoms. The molecule has 1 amide bonds. The van der Waals surface area contributed by atoms with Crippen molar-refractivity contribution < 1.29 is 14.0 Å². The molecule has 0 radical (unpaired) electrons. The summed E-state index contributed by atoms with van der Waals surface area (Å²) in [6.45, 7) is 1.53. The third-order valence-electron chi connectivity index (χ3n) is 7.93. The topological polar surface area (TPSA) is 131 Å². The van der Waals surface area contributed by atoms with Gasteiger partial charge in [0.15, 0.2) is 17.4 Å². The number of fused-ring (bicyclic) bond motifs is 2. The standard InChI is InChI=1S/C31H27FN8O2S/c1-16(41)23-8-9-24(43-23)20-13-34-14-21-28(20)38-30(37-21)29-25-22(40(2)39-29)15-35-27(26(25)32)18-10-19(12-33-11-18)36-31(42)17-6-4-3-5-7-17/h8-15,17H,3-7H2,1-2H3,(H,36,42)(H,37,38). The van der Waals surface area contributed by atoms with Gasteiger partial charge in [0.25, 0.3) is 0 Å². The second-order valence-corrected chi connectivity index (χ2v) is 11.9. The van der Waals surface area contributed by atoms with Crippen LogP contribution in [0.25, 0.3) is 55.2 Å². The van der Waals surface area contributed by atoms with Gasteiger partial charge in [-0.15, -0.1) is 11.3 Å². The number of aromatic nitrogens is 7. The molecule has 7 rings (SSSR count). The molecule has 0 bridgehead atoms. The zero-order chi connectivity index (χ0) is 29.7. The van der Waals surface area contributed by atoms with Crippen LogP contribution in [0.2, 0.25) is 0 Å². The quantitative estimate of drug-likeness (QED) is 0.209. The van der Waals surface area contributed by atoms with Gasteiger partial charge in [0.05, 0.1) is 45.6 Å². The highest BCUT2D eigenvalue weighted by molar-refractivity contribution is 7.17. The van der Waals surface area contributed by atoms with E-state index in [2.05, 4.69) is 30.4 Å². The van der Waals surface area contributed by atoms with E-state index in [1.165, 1.54) is 24.5 Å². The number of imidazole rings is 1. The maximum atomic E-state index is 16.4. The minimum absolute atomic E-state index is 0.00807. The molecule has 10 nitrogen and oxygen atoms in total. The van der Waals surface area contributed by atoms with E-state index < -0.39 is 5.82 Å². The zero-order valence-electron chi connectivity index (χ0n) is 23.5. The van der Waals surface area contributed by atoms with Gasteiger partial charge < -0.3 is 10.3 Å². The smallest absolute Gasteiger partial charge is 0.227 e. The molecule has 0 spiro atoms. The number of aromatic amines is 1. The van der Waals surface area contributed by atoms with Crippen LogP contribution in [-0.2, 0) is 11.8 Å². The van der Waals surface area contributed by atoms with Crippen molar-refractivity contribution in [3.63, 3.8) is 0 Å². The molecule has 1 saturated carbocycles. The maximum absolute atomic E-state index is 16.4. The average molecular weight is 595 g/mol. The van der Waals surface area contributed by atoms with Crippen LogP contribution in [-0.4, -0.2) is 46.4 Å². The first-order valence-electron chi connectivity index (χ1n) is 14.1. The minimum Gasteiger partial charge on any atom is -0.335 e. The number of hydrogen-bond acceptors (Lipinski definition) is 8. The Morgan fingerprint density at radius 2 is 1.86 bits per heavy atom. The van der Waals surface area contributed by atoms with Gasteiger partial charge >= 0.3 is 0 Å². The van der Waals surface area contributed by atoms with Gasteiger partial charge in [0, 0.05) is 41.4 Å². The van der Waals surface area contributed by atoms with Crippen LogP contribution in [0, 0.1) is 11.7 Å². The first kappa shape index (κ1) is 27.0. The summed E-state index contributed by atoms with van der Waals surface area (Å²) in [5.41, 5.74) is 3.91. The molecule has 12 heteroatoms. The van der Waals surface area contributed by atoms with Crippen molar-refractivity contribution in [2.24, 2.45) is 13.0 Å². The van der Waals surface area contributed by atoms with Crippen LogP contribution in [0.15, 0.2) is 49.2 Å². The first-order valence-corrected chi connectivity index (χ1v) is 14.9. The van der Waals surface area contributed by atoms with Gasteiger partial charge in [-0.25, -0.2) is 9.37 Å². The van der Waals surface area contributed by atoms with E-state index in [-0.39, 0.29) is 28.7 Å². The largest absolute Gasteiger partial charge is 0.335 e. The Morgan fingerprint density at radius 1 is 1.05 bits per heavy atom. The van der Waals surface area contributed by atoms with Gasteiger partial charge in [0.2, 0.25) is 5.91 Å². The Morgan fingerprint density at radius 3 is 2.65 bits per heavy atom. The van der Waals surface area contributed by atoms with Crippen LogP contribution in [0.4, 0.5) is 10.1 Å². The summed E-state index contributed by atoms with van der Waals surface area (Å²) in [4.78, 5) is 47.3. The lowest BCUT2D eigenvalue weighted by atomic mass is 9.88. The van der Waals surface area contributed by atoms with Gasteiger partial charge in [0.1, 0.15) is 16.9 Å². The van der Waals surface area contributed by atoms with Crippen LogP contribution >= 0.6 is 11.3 Å². The number of hydrogen-bond donors (Lipinski definition) is 2. The molecule has 0 unspecified atom stereocenters. The molecule has 6 aromatic heterocycles. The van der Waals surface area contributed by atoms with E-state index in [1.54, 1.807) is 48.6 Å². The molecule has 2 N–H and O–H groups in total. The SMILES string of the molecule is CC(=O)c1ccc(-c2cncc3[nH]c(-c4nn(C)c5cnc(-c6cncc(NC(=O)C7CCCCC7)c6)c(F)c45)nc23)s1. The fourth-order valence-electron chi connectivity index (χ4n) is 5.71. The second-order valence-electron chi connectivity index (χ2n) is 10.8. The van der Waals surface area contributed by atoms with E-state index in [0.717, 1.165) is 42.5 Å². The van der Waals surface area contributed by atoms with Crippen molar-refractivity contribution in [2.75, 3.05) is 5.32 Å². The Balaban J connectivity index is 1.28. The van der Waals surface area contributed by atoms with Crippen molar-refractivity contribution in [2.45, 2.75) is 39.0 Å². The van der Waals surface area contributed by atoms with Crippen molar-refractivity contribution in [1.82, 2.24) is 34.7 Å². The first-order chi connectivity index (χ1) is 20.9. The number of ketones is 1. The number of halogens is 1. The summed E-state index contributed by atoms with van der Waals surface area (Å²) in [7, 11) is 1.72. The van der Waals surface area contributed by atoms with Gasteiger partial charge in [-0.05, 0) is 38.0 Å². The Bertz CT molecular complexity index is 2040. The third kappa shape index (κ3) is 4.87. The lowest BCUT2D eigenvalue weighted by molar-refractivity contribution is -0.120. The number of amides is 1. The summed E-state index contributed by atoms with van der Waals surface area (Å²) in [6, 6.07) is 5.35. The van der Waals surface area contributed by atoms with Crippen molar-refractivity contribution in [3.05, 3.63) is 59.9 Å². The molecule has 6 heterocycles. The molecular weight excluding hydrogens is 567 g/mol. The van der Waals surface area contributed by atoms with Crippen LogP contribution in [0.5, 0.6) is 0 Å². The molecular formula is C31H27FN8O2S. The lowest BCUT2D eigenvalue weighted by Gasteiger charge is -2.20. The number of nitrogens with zero attached hydrogens (tertiary/aromatic N) is 6. The van der Waals surface area contributed by atoms with Crippen LogP contribution < -0.4 is 5.32 Å². The highest BCUT2D eigenvalue weighted by atomic mass is 32.1. The molecule has 1 aliphatic carbocycles. The molecule has 216 valence electrons. The van der Waals surface area contributed by atoms with E-state index in [4.69, 9.17) is 4.98 Å². The van der Waals surface area contributed by atoms with E-state index in [0.29, 0.717) is 44.2 Å². The number of nitrogens with one attached hydrogen (secondary N) is 2. The number of thiophene rings is 1. The van der Waals surface area contributed by atoms with E-state index >= 15 is 4.39 Å². The van der Waals surface area contributed by atoms with E-state index in [1.807, 2.05) is 6.07 Å². The minimum atomic E-state index is -0.568. The fourth-order valence-corrected chi connectivity index (χ4v) is 6.63. The van der Waals surface area contributed by atoms with Crippen molar-refractivity contribution >= 4 is 50.7 Å². The highest BCUT2D eigenvalue weighted by Crippen LogP contribution is 2.37. The average Bonchev–Trinajstić information content (AvgIpc) is 3.75. The number of carbonyl (C=O) groups is 2. The van der Waals surface area contributed by atoms with Crippen LogP contribution in [0.1, 0.15) is 48.7 Å². The molecule has 0 aromatic carbocycles. The summed E-state index contributed by atoms with van der Waals surface area (Å²) < 4.78 is 17.9. The third-order valence-corrected chi connectivity index (χ3v) is 9.15. The van der Waals surface area contributed by atoms with Gasteiger partial charge in [-0.3, -0.25) is 29.2 Å². The Labute approximate surface area is 249 Å². The number of aryl methyl sites for hydroxylation is 1. The second kappa shape index (κ2) is 10.8. The van der Waals surface area contributed by atoms with Crippen molar-refractivity contribution in [3.8, 4) is 33.2 Å². The zero-order valence-corrected chi connectivity index (χ0v) is 24.3.